The van der Waals surface area contributed by atoms with Gasteiger partial charge >= 0.3 is 0 Å². The van der Waals surface area contributed by atoms with E-state index in [0.29, 0.717) is 6.61 Å². The summed E-state index contributed by atoms with van der Waals surface area (Å²) < 4.78 is 24.4. The molecule has 26 heavy (non-hydrogen) atoms. The Hall–Kier alpha value is -2.53. The van der Waals surface area contributed by atoms with Crippen molar-refractivity contribution in [2.75, 3.05) is 26.8 Å². The Morgan fingerprint density at radius 3 is 2.69 bits per heavy atom. The van der Waals surface area contributed by atoms with Crippen molar-refractivity contribution in [1.82, 2.24) is 10.3 Å². The summed E-state index contributed by atoms with van der Waals surface area (Å²) in [4.78, 5) is 3.20. The van der Waals surface area contributed by atoms with Gasteiger partial charge in [-0.1, -0.05) is 12.1 Å². The lowest BCUT2D eigenvalue weighted by Crippen LogP contribution is -2.19. The van der Waals surface area contributed by atoms with Crippen molar-refractivity contribution in [2.45, 2.75) is 19.3 Å². The van der Waals surface area contributed by atoms with Crippen molar-refractivity contribution in [3.63, 3.8) is 0 Å². The maximum Gasteiger partial charge on any atom is 0.161 e. The molecule has 5 heteroatoms. The summed E-state index contributed by atoms with van der Waals surface area (Å²) >= 11 is 0. The molecule has 0 aliphatic heterocycles. The molecule has 0 unspecified atom stereocenters. The smallest absolute Gasteiger partial charge is 0.161 e. The van der Waals surface area contributed by atoms with Crippen LogP contribution in [0.2, 0.25) is 0 Å². The third kappa shape index (κ3) is 4.76. The fraction of sp³-hybridized carbons (Fsp3) is 0.333. The van der Waals surface area contributed by atoms with E-state index >= 15 is 0 Å². The maximum absolute atomic E-state index is 13.4. The molecule has 0 aliphatic carbocycles. The zero-order chi connectivity index (χ0) is 18.2. The lowest BCUT2D eigenvalue weighted by molar-refractivity contribution is 0.287. The Balaban J connectivity index is 1.31. The summed E-state index contributed by atoms with van der Waals surface area (Å²) in [5.74, 6) is 1.35. The van der Waals surface area contributed by atoms with E-state index in [4.69, 9.17) is 9.47 Å². The van der Waals surface area contributed by atoms with E-state index in [1.165, 1.54) is 11.6 Å². The van der Waals surface area contributed by atoms with E-state index in [2.05, 4.69) is 10.3 Å². The number of ether oxygens (including phenoxy) is 2. The van der Waals surface area contributed by atoms with Gasteiger partial charge in [0.05, 0.1) is 13.7 Å². The van der Waals surface area contributed by atoms with Crippen molar-refractivity contribution in [2.24, 2.45) is 0 Å². The minimum Gasteiger partial charge on any atom is -0.493 e. The second kappa shape index (κ2) is 9.25. The van der Waals surface area contributed by atoms with Crippen LogP contribution in [0.3, 0.4) is 0 Å². The molecule has 0 fully saturated rings. The number of fused-ring (bicyclic) bond motifs is 1. The van der Waals surface area contributed by atoms with Crippen LogP contribution in [0.1, 0.15) is 18.4 Å². The van der Waals surface area contributed by atoms with Gasteiger partial charge in [-0.3, -0.25) is 0 Å². The molecule has 3 aromatic rings. The molecule has 0 aliphatic rings. The number of aromatic amines is 1. The highest BCUT2D eigenvalue weighted by molar-refractivity contribution is 5.83. The van der Waals surface area contributed by atoms with Crippen LogP contribution >= 0.6 is 0 Å². The van der Waals surface area contributed by atoms with E-state index < -0.39 is 0 Å². The van der Waals surface area contributed by atoms with Crippen molar-refractivity contribution < 1.29 is 13.9 Å². The van der Waals surface area contributed by atoms with Crippen LogP contribution in [0.25, 0.3) is 10.9 Å². The first-order valence-corrected chi connectivity index (χ1v) is 9.00. The third-order valence-corrected chi connectivity index (χ3v) is 4.35. The molecule has 0 bridgehead atoms. The number of aromatic nitrogens is 1. The lowest BCUT2D eigenvalue weighted by Gasteiger charge is -2.10. The van der Waals surface area contributed by atoms with Gasteiger partial charge in [0.25, 0.3) is 0 Å². The summed E-state index contributed by atoms with van der Waals surface area (Å²) in [6.45, 7) is 2.48. The molecule has 0 saturated carbocycles. The highest BCUT2D eigenvalue weighted by Gasteiger charge is 2.05. The average Bonchev–Trinajstić information content (AvgIpc) is 3.06. The second-order valence-corrected chi connectivity index (χ2v) is 6.21. The van der Waals surface area contributed by atoms with Crippen LogP contribution in [0, 0.1) is 5.82 Å². The summed E-state index contributed by atoms with van der Waals surface area (Å²) in [5.41, 5.74) is 2.16. The normalized spacial score (nSPS) is 11.0. The van der Waals surface area contributed by atoms with Gasteiger partial charge in [0.1, 0.15) is 5.82 Å². The number of hydrogen-bond donors (Lipinski definition) is 2. The topological polar surface area (TPSA) is 46.3 Å². The fourth-order valence-electron chi connectivity index (χ4n) is 3.00. The van der Waals surface area contributed by atoms with Crippen LogP contribution in [0.5, 0.6) is 11.5 Å². The zero-order valence-corrected chi connectivity index (χ0v) is 15.1. The van der Waals surface area contributed by atoms with Crippen molar-refractivity contribution in [3.05, 3.63) is 60.0 Å². The van der Waals surface area contributed by atoms with Gasteiger partial charge in [-0.25, -0.2) is 4.39 Å². The quantitative estimate of drug-likeness (QED) is 0.532. The van der Waals surface area contributed by atoms with E-state index in [9.17, 15) is 4.39 Å². The largest absolute Gasteiger partial charge is 0.493 e. The Morgan fingerprint density at radius 2 is 1.85 bits per heavy atom. The highest BCUT2D eigenvalue weighted by Crippen LogP contribution is 2.25. The molecule has 2 aromatic carbocycles. The number of aryl methyl sites for hydroxylation is 1. The second-order valence-electron chi connectivity index (χ2n) is 6.21. The van der Waals surface area contributed by atoms with Gasteiger partial charge in [-0.2, -0.15) is 0 Å². The number of para-hydroxylation sites is 2. The van der Waals surface area contributed by atoms with Crippen LogP contribution < -0.4 is 14.8 Å². The Bertz CT molecular complexity index is 832. The molecule has 1 aromatic heterocycles. The van der Waals surface area contributed by atoms with E-state index in [1.54, 1.807) is 19.2 Å². The van der Waals surface area contributed by atoms with Gasteiger partial charge in [0, 0.05) is 17.1 Å². The summed E-state index contributed by atoms with van der Waals surface area (Å²) in [7, 11) is 1.64. The molecule has 0 saturated heterocycles. The number of nitrogens with one attached hydrogen (secondary N) is 2. The molecule has 138 valence electrons. The number of methoxy groups -OCH3 is 1. The number of halogens is 1. The van der Waals surface area contributed by atoms with Crippen molar-refractivity contribution in [1.29, 1.82) is 0 Å². The van der Waals surface area contributed by atoms with E-state index in [-0.39, 0.29) is 5.82 Å². The number of hydrogen-bond acceptors (Lipinski definition) is 3. The average molecular weight is 356 g/mol. The number of rotatable bonds is 10. The molecule has 2 N–H and O–H groups in total. The molecular formula is C21H25FN2O2. The minimum atomic E-state index is -0.188. The predicted molar refractivity (Wildman–Crippen MR) is 103 cm³/mol. The number of H-pyrrole nitrogens is 1. The van der Waals surface area contributed by atoms with Gasteiger partial charge in [-0.05, 0) is 68.2 Å². The summed E-state index contributed by atoms with van der Waals surface area (Å²) in [6, 6.07) is 12.5. The van der Waals surface area contributed by atoms with Gasteiger partial charge < -0.3 is 19.8 Å². The predicted octanol–water partition coefficient (Wildman–Crippen LogP) is 4.31. The number of benzene rings is 2. The molecule has 1 heterocycles. The standard InChI is InChI=1S/C21H25FN2O2/c1-25-20-7-2-3-8-21(20)26-13-5-12-23-11-4-6-16-15-24-19-10-9-17(22)14-18(16)19/h2-3,7-10,14-15,23-24H,4-6,11-13H2,1H3. The first-order valence-electron chi connectivity index (χ1n) is 9.00. The lowest BCUT2D eigenvalue weighted by atomic mass is 10.1. The Labute approximate surface area is 153 Å². The van der Waals surface area contributed by atoms with Gasteiger partial charge in [0.2, 0.25) is 0 Å². The Kier molecular flexibility index (Phi) is 6.50. The SMILES string of the molecule is COc1ccccc1OCCCNCCCc1c[nH]c2ccc(F)cc12. The molecule has 0 amide bonds. The van der Waals surface area contributed by atoms with Gasteiger partial charge in [0.15, 0.2) is 11.5 Å². The third-order valence-electron chi connectivity index (χ3n) is 4.35. The van der Waals surface area contributed by atoms with E-state index in [0.717, 1.165) is 54.8 Å². The molecule has 3 rings (SSSR count). The summed E-state index contributed by atoms with van der Waals surface area (Å²) in [5, 5.41) is 4.41. The van der Waals surface area contributed by atoms with Crippen LogP contribution in [0.15, 0.2) is 48.7 Å². The van der Waals surface area contributed by atoms with Crippen LogP contribution in [-0.4, -0.2) is 31.8 Å². The van der Waals surface area contributed by atoms with Crippen LogP contribution in [0.4, 0.5) is 4.39 Å². The molecule has 0 radical (unpaired) electrons. The first-order chi connectivity index (χ1) is 12.8. The van der Waals surface area contributed by atoms with E-state index in [1.807, 2.05) is 30.5 Å². The first kappa shape index (κ1) is 18.3. The van der Waals surface area contributed by atoms with Crippen LogP contribution in [-0.2, 0) is 6.42 Å². The molecule has 0 atom stereocenters. The molecular weight excluding hydrogens is 331 g/mol. The van der Waals surface area contributed by atoms with Crippen molar-refractivity contribution >= 4 is 10.9 Å². The highest BCUT2D eigenvalue weighted by atomic mass is 19.1. The summed E-state index contributed by atoms with van der Waals surface area (Å²) in [6.07, 6.45) is 4.84. The molecule has 4 nitrogen and oxygen atoms in total. The monoisotopic (exact) mass is 356 g/mol. The Morgan fingerprint density at radius 1 is 1.04 bits per heavy atom. The molecule has 0 spiro atoms. The van der Waals surface area contributed by atoms with Gasteiger partial charge in [-0.15, -0.1) is 0 Å². The minimum absolute atomic E-state index is 0.188. The maximum atomic E-state index is 13.4. The fourth-order valence-corrected chi connectivity index (χ4v) is 3.00. The van der Waals surface area contributed by atoms with Crippen molar-refractivity contribution in [3.8, 4) is 11.5 Å². The zero-order valence-electron chi connectivity index (χ0n) is 15.1.